The first-order chi connectivity index (χ1) is 15.7. The smallest absolute Gasteiger partial charge is 0.214 e. The molecule has 5 nitrogen and oxygen atoms in total. The van der Waals surface area contributed by atoms with E-state index in [2.05, 4.69) is 4.98 Å². The number of rotatable bonds is 5. The van der Waals surface area contributed by atoms with E-state index in [0.717, 1.165) is 23.2 Å². The van der Waals surface area contributed by atoms with Crippen molar-refractivity contribution in [2.24, 2.45) is 11.3 Å². The lowest BCUT2D eigenvalue weighted by atomic mass is 9.65. The molecule has 0 aliphatic heterocycles. The highest BCUT2D eigenvalue weighted by atomic mass is 16.2. The van der Waals surface area contributed by atoms with E-state index >= 15 is 0 Å². The number of aryl methyl sites for hydroxylation is 2. The fourth-order valence-corrected chi connectivity index (χ4v) is 4.64. The number of aromatic nitrogens is 1. The number of H-pyrrole nitrogens is 1. The van der Waals surface area contributed by atoms with Crippen LogP contribution in [-0.4, -0.2) is 28.1 Å². The molecule has 1 aromatic heterocycles. The Hall–Kier alpha value is -3.60. The van der Waals surface area contributed by atoms with Crippen molar-refractivity contribution in [2.75, 3.05) is 0 Å². The lowest BCUT2D eigenvalue weighted by Crippen LogP contribution is -2.51. The van der Waals surface area contributed by atoms with Crippen molar-refractivity contribution >= 4 is 23.1 Å². The van der Waals surface area contributed by atoms with Gasteiger partial charge in [-0.1, -0.05) is 81.4 Å². The number of hydrogen-bond acceptors (Lipinski definition) is 4. The van der Waals surface area contributed by atoms with Crippen LogP contribution in [-0.2, 0) is 32.0 Å². The lowest BCUT2D eigenvalue weighted by molar-refractivity contribution is -0.156. The Kier molecular flexibility index (Phi) is 5.98. The third kappa shape index (κ3) is 4.23. The monoisotopic (exact) mass is 441 g/mol. The summed E-state index contributed by atoms with van der Waals surface area (Å²) in [4.78, 5) is 55.5. The number of benzene rings is 2. The van der Waals surface area contributed by atoms with Gasteiger partial charge in [0.15, 0.2) is 0 Å². The molecule has 1 heterocycles. The Balaban J connectivity index is 1.77. The molecular weight excluding hydrogens is 414 g/mol. The lowest BCUT2D eigenvalue weighted by Gasteiger charge is -2.32. The zero-order chi connectivity index (χ0) is 23.8. The molecule has 0 saturated heterocycles. The van der Waals surface area contributed by atoms with Crippen LogP contribution in [0.4, 0.5) is 0 Å². The van der Waals surface area contributed by atoms with Crippen LogP contribution in [0, 0.1) is 11.3 Å². The predicted octanol–water partition coefficient (Wildman–Crippen LogP) is 4.50. The molecule has 0 atom stereocenters. The van der Waals surface area contributed by atoms with E-state index in [-0.39, 0.29) is 0 Å². The summed E-state index contributed by atoms with van der Waals surface area (Å²) in [6.07, 6.45) is 3.02. The van der Waals surface area contributed by atoms with Gasteiger partial charge in [-0.15, -0.1) is 0 Å². The third-order valence-corrected chi connectivity index (χ3v) is 6.27. The van der Waals surface area contributed by atoms with Gasteiger partial charge in [0.2, 0.25) is 23.1 Å². The van der Waals surface area contributed by atoms with Crippen LogP contribution in [0.1, 0.15) is 43.5 Å². The van der Waals surface area contributed by atoms with Gasteiger partial charge >= 0.3 is 0 Å². The van der Waals surface area contributed by atoms with Gasteiger partial charge in [0, 0.05) is 17.5 Å². The van der Waals surface area contributed by atoms with Crippen LogP contribution in [0.3, 0.4) is 0 Å². The third-order valence-electron chi connectivity index (χ3n) is 6.27. The molecule has 1 aliphatic carbocycles. The van der Waals surface area contributed by atoms with Crippen molar-refractivity contribution in [2.45, 2.75) is 39.5 Å². The van der Waals surface area contributed by atoms with Crippen LogP contribution < -0.4 is 0 Å². The molecule has 1 saturated carbocycles. The van der Waals surface area contributed by atoms with Gasteiger partial charge in [-0.3, -0.25) is 19.2 Å². The number of Topliss-reactive ketones (excluding diaryl/α,β-unsaturated/α-hetero) is 4. The first-order valence-electron chi connectivity index (χ1n) is 11.2. The van der Waals surface area contributed by atoms with E-state index in [1.54, 1.807) is 27.0 Å². The predicted molar refractivity (Wildman–Crippen MR) is 126 cm³/mol. The van der Waals surface area contributed by atoms with Crippen LogP contribution in [0.2, 0.25) is 0 Å². The maximum atomic E-state index is 13.2. The molecule has 168 valence electrons. The van der Waals surface area contributed by atoms with E-state index in [1.807, 2.05) is 60.7 Å². The summed E-state index contributed by atoms with van der Waals surface area (Å²) in [6.45, 7) is 5.09. The maximum absolute atomic E-state index is 13.2. The van der Waals surface area contributed by atoms with E-state index in [4.69, 9.17) is 0 Å². The van der Waals surface area contributed by atoms with Crippen LogP contribution >= 0.6 is 0 Å². The summed E-state index contributed by atoms with van der Waals surface area (Å²) in [7, 11) is 0. The molecule has 5 heteroatoms. The summed E-state index contributed by atoms with van der Waals surface area (Å²) in [6, 6.07) is 19.5. The first kappa shape index (κ1) is 22.6. The number of nitrogens with one attached hydrogen (secondary N) is 1. The SMILES string of the molecule is CC(C)(C)C1C(=O)C(=O)C(c2c[nH]c(CCc3ccccc3)c2-c2ccccc2)C(=O)C1=O. The second-order valence-corrected chi connectivity index (χ2v) is 9.64. The summed E-state index contributed by atoms with van der Waals surface area (Å²) in [5.74, 6) is -5.78. The number of aromatic amines is 1. The number of carbonyl (C=O) groups is 4. The molecule has 1 N–H and O–H groups in total. The highest BCUT2D eigenvalue weighted by molar-refractivity contribution is 6.62. The minimum absolute atomic E-state index is 0.397. The van der Waals surface area contributed by atoms with E-state index < -0.39 is 40.4 Å². The van der Waals surface area contributed by atoms with Crippen LogP contribution in [0.5, 0.6) is 0 Å². The summed E-state index contributed by atoms with van der Waals surface area (Å²) < 4.78 is 0. The summed E-state index contributed by atoms with van der Waals surface area (Å²) >= 11 is 0. The number of ketones is 4. The minimum Gasteiger partial charge on any atom is -0.364 e. The Morgan fingerprint density at radius 2 is 1.27 bits per heavy atom. The van der Waals surface area contributed by atoms with Crippen molar-refractivity contribution < 1.29 is 19.2 Å². The molecule has 0 amide bonds. The van der Waals surface area contributed by atoms with Crippen molar-refractivity contribution in [1.82, 2.24) is 4.98 Å². The first-order valence-corrected chi connectivity index (χ1v) is 11.2. The topological polar surface area (TPSA) is 84.1 Å². The molecule has 0 bridgehead atoms. The number of hydrogen-bond donors (Lipinski definition) is 1. The quantitative estimate of drug-likeness (QED) is 0.467. The molecular formula is C28H27NO4. The molecule has 33 heavy (non-hydrogen) atoms. The molecule has 2 aromatic carbocycles. The van der Waals surface area contributed by atoms with Gasteiger partial charge in [0.25, 0.3) is 0 Å². The molecule has 1 aliphatic rings. The molecule has 0 spiro atoms. The Labute approximate surface area is 193 Å². The normalized spacial score (nSPS) is 19.2. The minimum atomic E-state index is -1.40. The van der Waals surface area contributed by atoms with Crippen molar-refractivity contribution in [3.05, 3.63) is 83.7 Å². The van der Waals surface area contributed by atoms with Gasteiger partial charge in [-0.05, 0) is 34.9 Å². The molecule has 3 aromatic rings. The van der Waals surface area contributed by atoms with Gasteiger partial charge in [0.1, 0.15) is 5.92 Å². The highest BCUT2D eigenvalue weighted by Crippen LogP contribution is 2.40. The zero-order valence-electron chi connectivity index (χ0n) is 19.1. The van der Waals surface area contributed by atoms with Gasteiger partial charge in [0.05, 0.1) is 5.92 Å². The maximum Gasteiger partial charge on any atom is 0.214 e. The van der Waals surface area contributed by atoms with Crippen molar-refractivity contribution in [3.63, 3.8) is 0 Å². The molecule has 0 radical (unpaired) electrons. The fourth-order valence-electron chi connectivity index (χ4n) is 4.64. The Morgan fingerprint density at radius 3 is 1.82 bits per heavy atom. The van der Waals surface area contributed by atoms with E-state index in [1.165, 1.54) is 0 Å². The molecule has 1 fully saturated rings. The molecule has 0 unspecified atom stereocenters. The Morgan fingerprint density at radius 1 is 0.727 bits per heavy atom. The van der Waals surface area contributed by atoms with E-state index in [9.17, 15) is 19.2 Å². The average molecular weight is 442 g/mol. The standard InChI is InChI=1S/C28H27NO4/c1-28(2,3)23-26(32)24(30)22(25(31)27(23)33)19-16-29-20(15-14-17-10-6-4-7-11-17)21(19)18-12-8-5-9-13-18/h4-13,16,22-23,29H,14-15H2,1-3H3. The zero-order valence-corrected chi connectivity index (χ0v) is 19.1. The second kappa shape index (κ2) is 8.74. The second-order valence-electron chi connectivity index (χ2n) is 9.64. The molecule has 4 rings (SSSR count). The summed E-state index contributed by atoms with van der Waals surface area (Å²) in [5.41, 5.74) is 3.16. The Bertz CT molecular complexity index is 1190. The highest BCUT2D eigenvalue weighted by Gasteiger charge is 2.53. The van der Waals surface area contributed by atoms with Gasteiger partial charge < -0.3 is 4.98 Å². The average Bonchev–Trinajstić information content (AvgIpc) is 3.20. The largest absolute Gasteiger partial charge is 0.364 e. The number of carbonyl (C=O) groups excluding carboxylic acids is 4. The fraction of sp³-hybridized carbons (Fsp3) is 0.286. The van der Waals surface area contributed by atoms with Crippen molar-refractivity contribution in [3.8, 4) is 11.1 Å². The van der Waals surface area contributed by atoms with Gasteiger partial charge in [-0.25, -0.2) is 0 Å². The van der Waals surface area contributed by atoms with E-state index in [0.29, 0.717) is 17.5 Å². The van der Waals surface area contributed by atoms with Crippen LogP contribution in [0.25, 0.3) is 11.1 Å². The van der Waals surface area contributed by atoms with Crippen LogP contribution in [0.15, 0.2) is 66.9 Å². The summed E-state index contributed by atoms with van der Waals surface area (Å²) in [5, 5.41) is 0. The van der Waals surface area contributed by atoms with Gasteiger partial charge in [-0.2, -0.15) is 0 Å². The van der Waals surface area contributed by atoms with Crippen molar-refractivity contribution in [1.29, 1.82) is 0 Å².